The summed E-state index contributed by atoms with van der Waals surface area (Å²) in [6, 6.07) is 19.5. The van der Waals surface area contributed by atoms with Crippen LogP contribution in [0.1, 0.15) is 45.2 Å². The number of aryl methyl sites for hydroxylation is 1. The van der Waals surface area contributed by atoms with E-state index >= 15 is 0 Å². The molecule has 1 heterocycles. The number of hydrogen-bond acceptors (Lipinski definition) is 2. The Balaban J connectivity index is 0.000000696. The number of halogens is 6. The van der Waals surface area contributed by atoms with Gasteiger partial charge in [-0.3, -0.25) is 9.59 Å². The van der Waals surface area contributed by atoms with Crippen molar-refractivity contribution in [1.82, 2.24) is 0 Å². The van der Waals surface area contributed by atoms with E-state index in [1.54, 1.807) is 48.5 Å². The summed E-state index contributed by atoms with van der Waals surface area (Å²) in [6.45, 7) is 0. The molecule has 174 valence electrons. The second-order valence-corrected chi connectivity index (χ2v) is 8.07. The molecule has 0 radical (unpaired) electrons. The van der Waals surface area contributed by atoms with Crippen LogP contribution in [-0.2, 0) is 7.05 Å². The van der Waals surface area contributed by atoms with Crippen LogP contribution in [0.2, 0.25) is 10.0 Å². The van der Waals surface area contributed by atoms with Crippen molar-refractivity contribution >= 4 is 42.0 Å². The predicted octanol–water partition coefficient (Wildman–Crippen LogP) is 6.75. The molecule has 0 aliphatic heterocycles. The zero-order valence-corrected chi connectivity index (χ0v) is 19.0. The topological polar surface area (TPSA) is 38.0 Å². The van der Waals surface area contributed by atoms with Crippen LogP contribution in [0.25, 0.3) is 0 Å². The molecule has 33 heavy (non-hydrogen) atoms. The highest BCUT2D eigenvalue weighted by Crippen LogP contribution is 2.26. The lowest BCUT2D eigenvalue weighted by Crippen LogP contribution is -2.35. The van der Waals surface area contributed by atoms with Gasteiger partial charge in [-0.15, -0.1) is 0 Å². The third kappa shape index (κ3) is 9.36. The average Bonchev–Trinajstić information content (AvgIpc) is 2.73. The van der Waals surface area contributed by atoms with Crippen LogP contribution < -0.4 is 4.57 Å². The van der Waals surface area contributed by atoms with Crippen molar-refractivity contribution in [2.75, 3.05) is 0 Å². The van der Waals surface area contributed by atoms with E-state index in [1.165, 1.54) is 0 Å². The van der Waals surface area contributed by atoms with E-state index in [1.807, 2.05) is 36.0 Å². The first-order valence-electron chi connectivity index (χ1n) is 9.83. The Labute approximate surface area is 199 Å². The van der Waals surface area contributed by atoms with Gasteiger partial charge in [0, 0.05) is 46.1 Å². The number of pyridine rings is 1. The van der Waals surface area contributed by atoms with E-state index in [-0.39, 0.29) is 30.3 Å². The lowest BCUT2D eigenvalue weighted by Gasteiger charge is -2.14. The fraction of sp³-hybridized carbons (Fsp3) is 0.174. The minimum absolute atomic E-state index is 0.0191. The molecule has 0 atom stereocenters. The van der Waals surface area contributed by atoms with Crippen molar-refractivity contribution in [2.24, 2.45) is 7.05 Å². The molecule has 3 nitrogen and oxygen atoms in total. The van der Waals surface area contributed by atoms with Crippen molar-refractivity contribution in [1.29, 1.82) is 0 Å². The summed E-state index contributed by atoms with van der Waals surface area (Å²) in [5.74, 6) is -0.276. The Morgan fingerprint density at radius 1 is 0.788 bits per heavy atom. The Hall–Kier alpha value is -2.71. The van der Waals surface area contributed by atoms with Crippen molar-refractivity contribution in [3.8, 4) is 0 Å². The molecule has 2 aromatic carbocycles. The van der Waals surface area contributed by atoms with Crippen LogP contribution in [-0.4, -0.2) is 18.8 Å². The molecule has 0 saturated carbocycles. The smallest absolute Gasteiger partial charge is 0.418 e. The number of benzene rings is 2. The summed E-state index contributed by atoms with van der Waals surface area (Å²) >= 11 is 11.8. The Bertz CT molecular complexity index is 1030. The lowest BCUT2D eigenvalue weighted by molar-refractivity contribution is -0.680. The maximum absolute atomic E-state index is 12.8. The highest BCUT2D eigenvalue weighted by Gasteiger charge is 2.27. The molecular weight excluding hydrogens is 480 g/mol. The van der Waals surface area contributed by atoms with Gasteiger partial charge in [0.25, 0.3) is 0 Å². The summed E-state index contributed by atoms with van der Waals surface area (Å²) in [7, 11) is -4.08. The zero-order chi connectivity index (χ0) is 24.6. The third-order valence-electron chi connectivity index (χ3n) is 4.71. The average molecular weight is 500 g/mol. The van der Waals surface area contributed by atoms with Gasteiger partial charge in [-0.25, -0.2) is 4.57 Å². The fourth-order valence-corrected chi connectivity index (χ4v) is 3.45. The zero-order valence-electron chi connectivity index (χ0n) is 17.5. The van der Waals surface area contributed by atoms with Gasteiger partial charge in [-0.1, -0.05) is 29.3 Å². The molecule has 10 heteroatoms. The van der Waals surface area contributed by atoms with Gasteiger partial charge in [0.05, 0.1) is 5.92 Å². The number of ketones is 2. The largest absolute Gasteiger partial charge is 0.673 e. The van der Waals surface area contributed by atoms with E-state index < -0.39 is 7.25 Å². The second-order valence-electron chi connectivity index (χ2n) is 7.20. The normalized spacial score (nSPS) is 11.0. The lowest BCUT2D eigenvalue weighted by atomic mass is 9.88. The van der Waals surface area contributed by atoms with Gasteiger partial charge in [0.15, 0.2) is 23.5 Å². The SMILES string of the molecule is C[n+]1ccccc1C(CC(=O)c1ccc(Cl)cc1)CC(=O)c1ccc(Cl)cc1.F[B-](F)(F)F. The van der Waals surface area contributed by atoms with Gasteiger partial charge in [0.2, 0.25) is 0 Å². The summed E-state index contributed by atoms with van der Waals surface area (Å²) in [4.78, 5) is 25.7. The third-order valence-corrected chi connectivity index (χ3v) is 5.21. The van der Waals surface area contributed by atoms with Crippen LogP contribution >= 0.6 is 23.2 Å². The number of Topliss-reactive ketones (excluding diaryl/α,β-unsaturated/α-hetero) is 2. The molecular formula is C23H20BCl2F4NO2. The number of rotatable bonds is 7. The fourth-order valence-electron chi connectivity index (χ4n) is 3.20. The molecule has 3 rings (SSSR count). The summed E-state index contributed by atoms with van der Waals surface area (Å²) in [6.07, 6.45) is 2.39. The van der Waals surface area contributed by atoms with Gasteiger partial charge in [-0.05, 0) is 48.5 Å². The molecule has 0 fully saturated rings. The predicted molar refractivity (Wildman–Crippen MR) is 121 cm³/mol. The number of aromatic nitrogens is 1. The van der Waals surface area contributed by atoms with Gasteiger partial charge in [-0.2, -0.15) is 0 Å². The Morgan fingerprint density at radius 3 is 1.55 bits per heavy atom. The first kappa shape index (κ1) is 26.5. The second kappa shape index (κ2) is 12.0. The molecule has 0 unspecified atom stereocenters. The minimum Gasteiger partial charge on any atom is -0.418 e. The van der Waals surface area contributed by atoms with Gasteiger partial charge in [0.1, 0.15) is 7.05 Å². The summed E-state index contributed by atoms with van der Waals surface area (Å²) in [5, 5.41) is 1.17. The maximum Gasteiger partial charge on any atom is 0.673 e. The first-order chi connectivity index (χ1) is 15.4. The van der Waals surface area contributed by atoms with E-state index in [0.29, 0.717) is 21.2 Å². The Morgan fingerprint density at radius 2 is 1.18 bits per heavy atom. The number of carbonyl (C=O) groups excluding carboxylic acids is 2. The van der Waals surface area contributed by atoms with Crippen molar-refractivity contribution < 1.29 is 31.4 Å². The molecule has 0 bridgehead atoms. The minimum atomic E-state index is -6.00. The number of hydrogen-bond donors (Lipinski definition) is 0. The van der Waals surface area contributed by atoms with Crippen LogP contribution in [0.5, 0.6) is 0 Å². The van der Waals surface area contributed by atoms with E-state index in [4.69, 9.17) is 23.2 Å². The van der Waals surface area contributed by atoms with Crippen molar-refractivity contribution in [2.45, 2.75) is 18.8 Å². The maximum atomic E-state index is 12.8. The van der Waals surface area contributed by atoms with Crippen molar-refractivity contribution in [3.63, 3.8) is 0 Å². The van der Waals surface area contributed by atoms with E-state index in [9.17, 15) is 26.9 Å². The molecule has 0 N–H and O–H groups in total. The van der Waals surface area contributed by atoms with E-state index in [2.05, 4.69) is 0 Å². The summed E-state index contributed by atoms with van der Waals surface area (Å²) in [5.41, 5.74) is 2.12. The molecule has 3 aromatic rings. The Kier molecular flexibility index (Phi) is 9.62. The van der Waals surface area contributed by atoms with Crippen LogP contribution in [0.3, 0.4) is 0 Å². The van der Waals surface area contributed by atoms with Gasteiger partial charge < -0.3 is 17.3 Å². The molecule has 0 amide bonds. The quantitative estimate of drug-likeness (QED) is 0.156. The number of nitrogens with zero attached hydrogens (tertiary/aromatic N) is 1. The molecule has 0 aliphatic rings. The van der Waals surface area contributed by atoms with E-state index in [0.717, 1.165) is 5.69 Å². The molecule has 0 saturated heterocycles. The molecule has 0 aliphatic carbocycles. The standard InChI is InChI=1S/C23H20Cl2NO2.BF4/c1-26-13-3-2-4-21(26)18(14-22(27)16-5-9-19(24)10-6-16)15-23(28)17-7-11-20(25)12-8-17;2-1(3,4)5/h2-13,18H,14-15H2,1H3;/q+1;-1. The van der Waals surface area contributed by atoms with Crippen LogP contribution in [0.15, 0.2) is 72.9 Å². The summed E-state index contributed by atoms with van der Waals surface area (Å²) < 4.78 is 41.0. The first-order valence-corrected chi connectivity index (χ1v) is 10.6. The highest BCUT2D eigenvalue weighted by atomic mass is 35.5. The number of carbonyl (C=O) groups is 2. The van der Waals surface area contributed by atoms with Crippen molar-refractivity contribution in [3.05, 3.63) is 99.8 Å². The van der Waals surface area contributed by atoms with Gasteiger partial charge >= 0.3 is 7.25 Å². The molecule has 1 aromatic heterocycles. The van der Waals surface area contributed by atoms with Crippen LogP contribution in [0, 0.1) is 0 Å². The highest BCUT2D eigenvalue weighted by molar-refractivity contribution is 6.50. The van der Waals surface area contributed by atoms with Crippen LogP contribution in [0.4, 0.5) is 17.3 Å². The monoisotopic (exact) mass is 499 g/mol. The molecule has 0 spiro atoms.